The van der Waals surface area contributed by atoms with Gasteiger partial charge in [-0.2, -0.15) is 0 Å². The van der Waals surface area contributed by atoms with E-state index in [1.54, 1.807) is 0 Å². The summed E-state index contributed by atoms with van der Waals surface area (Å²) in [6, 6.07) is 56.3. The number of pyridine rings is 1. The van der Waals surface area contributed by atoms with Crippen molar-refractivity contribution in [3.05, 3.63) is 170 Å². The maximum absolute atomic E-state index is 6.24. The lowest BCUT2D eigenvalue weighted by molar-refractivity contribution is 0.669. The normalized spacial score (nSPS) is 11.5. The molecule has 5 heteroatoms. The second-order valence-corrected chi connectivity index (χ2v) is 12.7. The summed E-state index contributed by atoms with van der Waals surface area (Å²) in [6.07, 6.45) is 1.95. The molecule has 7 aromatic carbocycles. The van der Waals surface area contributed by atoms with Gasteiger partial charge in [0, 0.05) is 44.6 Å². The fourth-order valence-electron chi connectivity index (χ4n) is 6.95. The van der Waals surface area contributed by atoms with Crippen LogP contribution in [0.2, 0.25) is 0 Å². The molecule has 0 atom stereocenters. The average Bonchev–Trinajstić information content (AvgIpc) is 3.59. The highest BCUT2D eigenvalue weighted by molar-refractivity contribution is 6.11. The van der Waals surface area contributed by atoms with Gasteiger partial charge in [0.1, 0.15) is 11.2 Å². The molecule has 10 rings (SSSR count). The summed E-state index contributed by atoms with van der Waals surface area (Å²) >= 11 is 0. The first-order chi connectivity index (χ1) is 25.2. The maximum Gasteiger partial charge on any atom is 0.164 e. The minimum Gasteiger partial charge on any atom is -0.456 e. The standard InChI is InChI=1S/C46H28N4O/c1-2-9-29(10-3-1)30-17-21-32(22-18-30)44-48-45(50-46(49-44)39-13-8-16-42-43(39)38-12-5-7-15-41(38)51-42)35-24-20-31-19-23-33(25-36(31)27-35)37-26-34-11-4-6-14-40(34)47-28-37/h1-28H. The van der Waals surface area contributed by atoms with E-state index < -0.39 is 0 Å². The molecule has 3 heterocycles. The molecule has 5 nitrogen and oxygen atoms in total. The van der Waals surface area contributed by atoms with Crippen molar-refractivity contribution >= 4 is 43.6 Å². The number of benzene rings is 7. The Morgan fingerprint density at radius 2 is 1.00 bits per heavy atom. The Hall–Kier alpha value is -6.98. The first-order valence-corrected chi connectivity index (χ1v) is 17.0. The van der Waals surface area contributed by atoms with Crippen molar-refractivity contribution in [2.75, 3.05) is 0 Å². The third-order valence-electron chi connectivity index (χ3n) is 9.55. The molecule has 0 bridgehead atoms. The summed E-state index contributed by atoms with van der Waals surface area (Å²) in [5, 5.41) is 5.36. The Kier molecular flexibility index (Phi) is 6.74. The minimum absolute atomic E-state index is 0.593. The van der Waals surface area contributed by atoms with Crippen LogP contribution in [0.25, 0.3) is 100 Å². The van der Waals surface area contributed by atoms with Gasteiger partial charge in [0.25, 0.3) is 0 Å². The number of hydrogen-bond acceptors (Lipinski definition) is 5. The highest BCUT2D eigenvalue weighted by Gasteiger charge is 2.18. The Morgan fingerprint density at radius 3 is 1.88 bits per heavy atom. The van der Waals surface area contributed by atoms with Gasteiger partial charge < -0.3 is 4.42 Å². The van der Waals surface area contributed by atoms with E-state index in [1.165, 1.54) is 0 Å². The van der Waals surface area contributed by atoms with E-state index in [0.717, 1.165) is 82.6 Å². The van der Waals surface area contributed by atoms with Crippen molar-refractivity contribution in [1.82, 2.24) is 19.9 Å². The summed E-state index contributed by atoms with van der Waals surface area (Å²) in [5.41, 5.74) is 9.81. The van der Waals surface area contributed by atoms with Crippen molar-refractivity contribution in [2.24, 2.45) is 0 Å². The molecule has 0 aliphatic heterocycles. The highest BCUT2D eigenvalue weighted by atomic mass is 16.3. The van der Waals surface area contributed by atoms with Crippen LogP contribution in [-0.2, 0) is 0 Å². The van der Waals surface area contributed by atoms with E-state index in [9.17, 15) is 0 Å². The Bertz CT molecular complexity index is 2910. The van der Waals surface area contributed by atoms with Gasteiger partial charge in [0.2, 0.25) is 0 Å². The molecule has 0 amide bonds. The average molecular weight is 653 g/mol. The number of fused-ring (bicyclic) bond motifs is 5. The van der Waals surface area contributed by atoms with Gasteiger partial charge in [-0.05, 0) is 63.9 Å². The number of furan rings is 1. The van der Waals surface area contributed by atoms with Crippen LogP contribution in [-0.4, -0.2) is 19.9 Å². The Labute approximate surface area is 293 Å². The summed E-state index contributed by atoms with van der Waals surface area (Å²) in [4.78, 5) is 20.1. The third kappa shape index (κ3) is 5.20. The second-order valence-electron chi connectivity index (χ2n) is 12.7. The van der Waals surface area contributed by atoms with Crippen LogP contribution in [0, 0.1) is 0 Å². The van der Waals surface area contributed by atoms with Gasteiger partial charge in [-0.25, -0.2) is 15.0 Å². The third-order valence-corrected chi connectivity index (χ3v) is 9.55. The first-order valence-electron chi connectivity index (χ1n) is 17.0. The zero-order chi connectivity index (χ0) is 33.7. The van der Waals surface area contributed by atoms with E-state index in [0.29, 0.717) is 17.5 Å². The SMILES string of the molecule is c1ccc(-c2ccc(-c3nc(-c4ccc5ccc(-c6cnc7ccccc7c6)cc5c4)nc(-c4cccc5oc6ccccc6c45)n3)cc2)cc1. The van der Waals surface area contributed by atoms with E-state index >= 15 is 0 Å². The Balaban J connectivity index is 1.13. The molecule has 0 radical (unpaired) electrons. The van der Waals surface area contributed by atoms with E-state index in [2.05, 4.69) is 109 Å². The van der Waals surface area contributed by atoms with Crippen molar-refractivity contribution in [3.8, 4) is 56.4 Å². The topological polar surface area (TPSA) is 64.7 Å². The molecule has 3 aromatic heterocycles. The van der Waals surface area contributed by atoms with Crippen LogP contribution >= 0.6 is 0 Å². The Morgan fingerprint density at radius 1 is 0.373 bits per heavy atom. The number of nitrogens with zero attached hydrogens (tertiary/aromatic N) is 4. The van der Waals surface area contributed by atoms with Crippen molar-refractivity contribution < 1.29 is 4.42 Å². The largest absolute Gasteiger partial charge is 0.456 e. The molecule has 238 valence electrons. The highest BCUT2D eigenvalue weighted by Crippen LogP contribution is 2.37. The van der Waals surface area contributed by atoms with Crippen molar-refractivity contribution in [2.45, 2.75) is 0 Å². The smallest absolute Gasteiger partial charge is 0.164 e. The van der Waals surface area contributed by atoms with Crippen LogP contribution in [0.1, 0.15) is 0 Å². The molecule has 0 saturated carbocycles. The lowest BCUT2D eigenvalue weighted by Gasteiger charge is -2.11. The first kappa shape index (κ1) is 29.0. The van der Waals surface area contributed by atoms with Gasteiger partial charge in [-0.3, -0.25) is 4.98 Å². The van der Waals surface area contributed by atoms with Crippen LogP contribution in [0.5, 0.6) is 0 Å². The summed E-state index contributed by atoms with van der Waals surface area (Å²) in [6.45, 7) is 0. The summed E-state index contributed by atoms with van der Waals surface area (Å²) in [5.74, 6) is 1.80. The zero-order valence-electron chi connectivity index (χ0n) is 27.4. The number of rotatable bonds is 5. The fourth-order valence-corrected chi connectivity index (χ4v) is 6.95. The maximum atomic E-state index is 6.24. The quantitative estimate of drug-likeness (QED) is 0.185. The number of hydrogen-bond donors (Lipinski definition) is 0. The second kappa shape index (κ2) is 11.9. The molecule has 0 fully saturated rings. The zero-order valence-corrected chi connectivity index (χ0v) is 27.4. The summed E-state index contributed by atoms with van der Waals surface area (Å²) < 4.78 is 6.24. The molecule has 51 heavy (non-hydrogen) atoms. The molecule has 0 spiro atoms. The minimum atomic E-state index is 0.593. The predicted octanol–water partition coefficient (Wildman–Crippen LogP) is 11.8. The van der Waals surface area contributed by atoms with Crippen molar-refractivity contribution in [1.29, 1.82) is 0 Å². The number of aromatic nitrogens is 4. The van der Waals surface area contributed by atoms with Crippen LogP contribution in [0.15, 0.2) is 174 Å². The molecule has 0 N–H and O–H groups in total. The van der Waals surface area contributed by atoms with Crippen LogP contribution < -0.4 is 0 Å². The number of para-hydroxylation sites is 2. The molecular formula is C46H28N4O. The molecule has 10 aromatic rings. The van der Waals surface area contributed by atoms with Gasteiger partial charge >= 0.3 is 0 Å². The lowest BCUT2D eigenvalue weighted by Crippen LogP contribution is -2.00. The van der Waals surface area contributed by atoms with Crippen LogP contribution in [0.4, 0.5) is 0 Å². The van der Waals surface area contributed by atoms with Crippen LogP contribution in [0.3, 0.4) is 0 Å². The summed E-state index contributed by atoms with van der Waals surface area (Å²) in [7, 11) is 0. The van der Waals surface area contributed by atoms with E-state index in [-0.39, 0.29) is 0 Å². The van der Waals surface area contributed by atoms with Gasteiger partial charge in [0.05, 0.1) is 5.52 Å². The molecule has 0 aliphatic rings. The van der Waals surface area contributed by atoms with Gasteiger partial charge in [0.15, 0.2) is 17.5 Å². The fraction of sp³-hybridized carbons (Fsp3) is 0. The van der Waals surface area contributed by atoms with Gasteiger partial charge in [-0.1, -0.05) is 127 Å². The molecule has 0 saturated heterocycles. The predicted molar refractivity (Wildman–Crippen MR) is 207 cm³/mol. The molecular weight excluding hydrogens is 625 g/mol. The molecule has 0 unspecified atom stereocenters. The van der Waals surface area contributed by atoms with Crippen molar-refractivity contribution in [3.63, 3.8) is 0 Å². The lowest BCUT2D eigenvalue weighted by atomic mass is 9.99. The van der Waals surface area contributed by atoms with E-state index in [4.69, 9.17) is 24.4 Å². The van der Waals surface area contributed by atoms with E-state index in [1.807, 2.05) is 60.8 Å². The molecule has 0 aliphatic carbocycles. The van der Waals surface area contributed by atoms with Gasteiger partial charge in [-0.15, -0.1) is 0 Å². The monoisotopic (exact) mass is 652 g/mol.